The molecule has 0 radical (unpaired) electrons. The largest absolute Gasteiger partial charge is 0.493 e. The monoisotopic (exact) mass is 227 g/mol. The number of carboxylic acid groups (broad SMARTS) is 1. The summed E-state index contributed by atoms with van der Waals surface area (Å²) in [5, 5.41) is 9.00. The van der Waals surface area contributed by atoms with E-state index in [0.29, 0.717) is 11.1 Å². The Labute approximate surface area is 92.8 Å². The van der Waals surface area contributed by atoms with Crippen molar-refractivity contribution in [3.63, 3.8) is 0 Å². The maximum absolute atomic E-state index is 13.4. The van der Waals surface area contributed by atoms with Crippen molar-refractivity contribution in [1.82, 2.24) is 0 Å². The molecule has 0 aliphatic carbocycles. The van der Waals surface area contributed by atoms with Crippen molar-refractivity contribution in [3.05, 3.63) is 29.1 Å². The molecule has 0 bridgehead atoms. The Balaban J connectivity index is 3.39. The van der Waals surface area contributed by atoms with E-state index < -0.39 is 17.7 Å². The van der Waals surface area contributed by atoms with Crippen LogP contribution in [-0.2, 0) is 4.79 Å². The van der Waals surface area contributed by atoms with Gasteiger partial charge in [-0.25, -0.2) is 4.39 Å². The van der Waals surface area contributed by atoms with E-state index >= 15 is 0 Å². The van der Waals surface area contributed by atoms with Gasteiger partial charge in [0.1, 0.15) is 0 Å². The van der Waals surface area contributed by atoms with Gasteiger partial charge >= 0.3 is 5.97 Å². The topological polar surface area (TPSA) is 72.5 Å². The Morgan fingerprint density at radius 2 is 2.25 bits per heavy atom. The highest BCUT2D eigenvalue weighted by atomic mass is 19.1. The molecule has 0 heterocycles. The maximum Gasteiger partial charge on any atom is 0.312 e. The lowest BCUT2D eigenvalue weighted by atomic mass is 9.93. The lowest BCUT2D eigenvalue weighted by molar-refractivity contribution is -0.138. The normalized spacial score (nSPS) is 12.2. The van der Waals surface area contributed by atoms with Crippen molar-refractivity contribution in [1.29, 1.82) is 0 Å². The summed E-state index contributed by atoms with van der Waals surface area (Å²) >= 11 is 0. The van der Waals surface area contributed by atoms with Gasteiger partial charge in [0.25, 0.3) is 0 Å². The van der Waals surface area contributed by atoms with Crippen LogP contribution in [0.4, 0.5) is 4.39 Å². The van der Waals surface area contributed by atoms with Crippen LogP contribution in [0.2, 0.25) is 0 Å². The predicted molar refractivity (Wildman–Crippen MR) is 57.1 cm³/mol. The third kappa shape index (κ3) is 2.14. The first kappa shape index (κ1) is 12.4. The van der Waals surface area contributed by atoms with Crippen LogP contribution in [-0.4, -0.2) is 24.7 Å². The first-order valence-corrected chi connectivity index (χ1v) is 4.78. The molecule has 1 rings (SSSR count). The Morgan fingerprint density at radius 3 is 2.69 bits per heavy atom. The van der Waals surface area contributed by atoms with Gasteiger partial charge in [-0.05, 0) is 18.6 Å². The molecule has 0 saturated carbocycles. The van der Waals surface area contributed by atoms with Crippen molar-refractivity contribution >= 4 is 5.97 Å². The summed E-state index contributed by atoms with van der Waals surface area (Å²) in [6, 6.07) is 2.76. The second kappa shape index (κ2) is 4.94. The van der Waals surface area contributed by atoms with Crippen LogP contribution in [0.15, 0.2) is 12.1 Å². The van der Waals surface area contributed by atoms with Crippen molar-refractivity contribution in [2.45, 2.75) is 12.8 Å². The minimum absolute atomic E-state index is 0.0437. The van der Waals surface area contributed by atoms with E-state index in [1.165, 1.54) is 19.2 Å². The number of methoxy groups -OCH3 is 1. The van der Waals surface area contributed by atoms with Crippen LogP contribution in [0.3, 0.4) is 0 Å². The number of carboxylic acids is 1. The van der Waals surface area contributed by atoms with Gasteiger partial charge < -0.3 is 15.6 Å². The summed E-state index contributed by atoms with van der Waals surface area (Å²) in [7, 11) is 1.30. The minimum atomic E-state index is -1.09. The van der Waals surface area contributed by atoms with Crippen LogP contribution in [0, 0.1) is 12.7 Å². The zero-order chi connectivity index (χ0) is 12.3. The quantitative estimate of drug-likeness (QED) is 0.812. The van der Waals surface area contributed by atoms with E-state index in [1.54, 1.807) is 6.92 Å². The van der Waals surface area contributed by atoms with Crippen molar-refractivity contribution in [2.75, 3.05) is 13.7 Å². The minimum Gasteiger partial charge on any atom is -0.493 e. The van der Waals surface area contributed by atoms with Gasteiger partial charge in [0.05, 0.1) is 13.0 Å². The van der Waals surface area contributed by atoms with E-state index in [0.717, 1.165) is 0 Å². The number of aliphatic carboxylic acids is 1. The van der Waals surface area contributed by atoms with Crippen LogP contribution in [0.1, 0.15) is 17.0 Å². The lowest BCUT2D eigenvalue weighted by Gasteiger charge is -2.17. The summed E-state index contributed by atoms with van der Waals surface area (Å²) in [5.74, 6) is -2.67. The third-order valence-corrected chi connectivity index (χ3v) is 2.45. The molecule has 1 atom stereocenters. The highest BCUT2D eigenvalue weighted by Gasteiger charge is 2.25. The highest BCUT2D eigenvalue weighted by molar-refractivity contribution is 5.78. The first-order chi connectivity index (χ1) is 7.52. The van der Waals surface area contributed by atoms with Gasteiger partial charge in [0.15, 0.2) is 11.6 Å². The SMILES string of the molecule is COc1c(F)ccc(C)c1C(CN)C(=O)O. The van der Waals surface area contributed by atoms with Gasteiger partial charge in [-0.2, -0.15) is 0 Å². The van der Waals surface area contributed by atoms with Crippen LogP contribution >= 0.6 is 0 Å². The van der Waals surface area contributed by atoms with Crippen LogP contribution in [0.25, 0.3) is 0 Å². The maximum atomic E-state index is 13.4. The summed E-state index contributed by atoms with van der Waals surface area (Å²) < 4.78 is 18.3. The fourth-order valence-electron chi connectivity index (χ4n) is 1.65. The average Bonchev–Trinajstić information content (AvgIpc) is 2.24. The van der Waals surface area contributed by atoms with E-state index in [4.69, 9.17) is 15.6 Å². The number of halogens is 1. The molecule has 1 aromatic carbocycles. The Morgan fingerprint density at radius 1 is 1.62 bits per heavy atom. The molecule has 1 aromatic rings. The lowest BCUT2D eigenvalue weighted by Crippen LogP contribution is -2.23. The van der Waals surface area contributed by atoms with Crippen LogP contribution in [0.5, 0.6) is 5.75 Å². The van der Waals surface area contributed by atoms with Gasteiger partial charge in [-0.1, -0.05) is 6.07 Å². The first-order valence-electron chi connectivity index (χ1n) is 4.78. The Kier molecular flexibility index (Phi) is 3.84. The highest BCUT2D eigenvalue weighted by Crippen LogP contribution is 2.32. The fourth-order valence-corrected chi connectivity index (χ4v) is 1.65. The number of rotatable bonds is 4. The predicted octanol–water partition coefficient (Wildman–Crippen LogP) is 1.27. The van der Waals surface area contributed by atoms with Gasteiger partial charge in [-0.15, -0.1) is 0 Å². The molecule has 0 amide bonds. The van der Waals surface area contributed by atoms with E-state index in [2.05, 4.69) is 0 Å². The number of ether oxygens (including phenoxy) is 1. The molecule has 0 spiro atoms. The van der Waals surface area contributed by atoms with E-state index in [9.17, 15) is 9.18 Å². The number of aryl methyl sites for hydroxylation is 1. The number of benzene rings is 1. The Hall–Kier alpha value is -1.62. The zero-order valence-electron chi connectivity index (χ0n) is 9.16. The van der Waals surface area contributed by atoms with Gasteiger partial charge in [0, 0.05) is 12.1 Å². The smallest absolute Gasteiger partial charge is 0.312 e. The average molecular weight is 227 g/mol. The number of carbonyl (C=O) groups is 1. The summed E-state index contributed by atoms with van der Waals surface area (Å²) in [6.45, 7) is 1.60. The number of nitrogens with two attached hydrogens (primary N) is 1. The van der Waals surface area contributed by atoms with Crippen LogP contribution < -0.4 is 10.5 Å². The van der Waals surface area contributed by atoms with Crippen molar-refractivity contribution < 1.29 is 19.0 Å². The molecule has 0 aliphatic heterocycles. The molecular weight excluding hydrogens is 213 g/mol. The fraction of sp³-hybridized carbons (Fsp3) is 0.364. The third-order valence-electron chi connectivity index (χ3n) is 2.45. The molecule has 4 nitrogen and oxygen atoms in total. The Bertz CT molecular complexity index is 406. The van der Waals surface area contributed by atoms with Gasteiger partial charge in [0.2, 0.25) is 0 Å². The molecule has 0 aromatic heterocycles. The molecular formula is C11H14FNO3. The van der Waals surface area contributed by atoms with E-state index in [1.807, 2.05) is 0 Å². The summed E-state index contributed by atoms with van der Waals surface area (Å²) in [6.07, 6.45) is 0. The molecule has 0 saturated heterocycles. The molecule has 0 fully saturated rings. The molecule has 16 heavy (non-hydrogen) atoms. The van der Waals surface area contributed by atoms with Crippen molar-refractivity contribution in [2.24, 2.45) is 5.73 Å². The summed E-state index contributed by atoms with van der Waals surface area (Å²) in [5.41, 5.74) is 6.34. The summed E-state index contributed by atoms with van der Waals surface area (Å²) in [4.78, 5) is 11.0. The van der Waals surface area contributed by atoms with Crippen molar-refractivity contribution in [3.8, 4) is 5.75 Å². The van der Waals surface area contributed by atoms with Gasteiger partial charge in [-0.3, -0.25) is 4.79 Å². The molecule has 88 valence electrons. The zero-order valence-corrected chi connectivity index (χ0v) is 9.16. The molecule has 3 N–H and O–H groups in total. The standard InChI is InChI=1S/C11H14FNO3/c1-6-3-4-8(12)10(16-2)9(6)7(5-13)11(14)15/h3-4,7H,5,13H2,1-2H3,(H,14,15). The number of hydrogen-bond donors (Lipinski definition) is 2. The van der Waals surface area contributed by atoms with E-state index in [-0.39, 0.29) is 12.3 Å². The molecule has 0 aliphatic rings. The second-order valence-electron chi connectivity index (χ2n) is 3.44. The number of hydrogen-bond acceptors (Lipinski definition) is 3. The molecule has 5 heteroatoms. The molecule has 1 unspecified atom stereocenters. The second-order valence-corrected chi connectivity index (χ2v) is 3.44.